The van der Waals surface area contributed by atoms with Crippen molar-refractivity contribution in [1.29, 1.82) is 0 Å². The smallest absolute Gasteiger partial charge is 0.254 e. The van der Waals surface area contributed by atoms with Crippen molar-refractivity contribution in [3.8, 4) is 11.1 Å². The molecule has 142 valence electrons. The first-order valence-corrected chi connectivity index (χ1v) is 10.2. The van der Waals surface area contributed by atoms with Crippen LogP contribution in [0.5, 0.6) is 0 Å². The molecular formula is C24H25N3O. The lowest BCUT2D eigenvalue weighted by atomic mass is 9.91. The largest absolute Gasteiger partial charge is 0.332 e. The summed E-state index contributed by atoms with van der Waals surface area (Å²) in [5.74, 6) is 0.183. The fourth-order valence-electron chi connectivity index (χ4n) is 4.50. The Morgan fingerprint density at radius 3 is 2.64 bits per heavy atom. The Morgan fingerprint density at radius 2 is 1.89 bits per heavy atom. The van der Waals surface area contributed by atoms with Gasteiger partial charge in [0.2, 0.25) is 0 Å². The van der Waals surface area contributed by atoms with Gasteiger partial charge >= 0.3 is 0 Å². The summed E-state index contributed by atoms with van der Waals surface area (Å²) in [6, 6.07) is 17.2. The van der Waals surface area contributed by atoms with Crippen LogP contribution >= 0.6 is 0 Å². The molecule has 2 aliphatic rings. The van der Waals surface area contributed by atoms with Gasteiger partial charge in [-0.05, 0) is 73.4 Å². The van der Waals surface area contributed by atoms with Crippen molar-refractivity contribution in [3.63, 3.8) is 0 Å². The second-order valence-electron chi connectivity index (χ2n) is 8.11. The van der Waals surface area contributed by atoms with Gasteiger partial charge in [-0.2, -0.15) is 5.10 Å². The second kappa shape index (κ2) is 6.93. The van der Waals surface area contributed by atoms with Crippen LogP contribution in [0.4, 0.5) is 0 Å². The highest BCUT2D eigenvalue weighted by Gasteiger charge is 2.39. The summed E-state index contributed by atoms with van der Waals surface area (Å²) in [5, 5.41) is 7.28. The van der Waals surface area contributed by atoms with Crippen LogP contribution in [0.2, 0.25) is 0 Å². The minimum Gasteiger partial charge on any atom is -0.332 e. The molecule has 1 unspecified atom stereocenters. The van der Waals surface area contributed by atoms with Crippen molar-refractivity contribution in [2.24, 2.45) is 0 Å². The van der Waals surface area contributed by atoms with E-state index in [0.29, 0.717) is 6.04 Å². The molecule has 0 radical (unpaired) electrons. The molecule has 0 saturated heterocycles. The minimum absolute atomic E-state index is 0.183. The average Bonchev–Trinajstić information content (AvgIpc) is 3.44. The van der Waals surface area contributed by atoms with Gasteiger partial charge in [0.1, 0.15) is 0 Å². The molecule has 1 aromatic heterocycles. The number of H-pyrrole nitrogens is 1. The number of aromatic amines is 1. The van der Waals surface area contributed by atoms with E-state index in [1.54, 1.807) is 0 Å². The molecule has 1 saturated carbocycles. The SMILES string of the molecule is Cc1cc(C(=O)N(C2CC2)C2CCc3[nH]ncc3C2)ccc1-c1ccccc1. The molecule has 1 N–H and O–H groups in total. The van der Waals surface area contributed by atoms with Crippen LogP contribution in [0.25, 0.3) is 11.1 Å². The molecule has 28 heavy (non-hydrogen) atoms. The Morgan fingerprint density at radius 1 is 1.07 bits per heavy atom. The molecule has 1 atom stereocenters. The van der Waals surface area contributed by atoms with Gasteiger partial charge in [-0.1, -0.05) is 36.4 Å². The zero-order chi connectivity index (χ0) is 19.1. The van der Waals surface area contributed by atoms with Crippen molar-refractivity contribution >= 4 is 5.91 Å². The quantitative estimate of drug-likeness (QED) is 0.731. The molecule has 0 aliphatic heterocycles. The summed E-state index contributed by atoms with van der Waals surface area (Å²) in [6.45, 7) is 2.10. The van der Waals surface area contributed by atoms with Crippen LogP contribution in [0.3, 0.4) is 0 Å². The van der Waals surface area contributed by atoms with Crippen LogP contribution in [-0.4, -0.2) is 33.1 Å². The normalized spacial score (nSPS) is 18.5. The van der Waals surface area contributed by atoms with Crippen molar-refractivity contribution in [2.75, 3.05) is 0 Å². The predicted octanol–water partition coefficient (Wildman–Crippen LogP) is 4.55. The van der Waals surface area contributed by atoms with Crippen molar-refractivity contribution < 1.29 is 4.79 Å². The highest BCUT2D eigenvalue weighted by molar-refractivity contribution is 5.96. The van der Waals surface area contributed by atoms with Crippen molar-refractivity contribution in [1.82, 2.24) is 15.1 Å². The molecule has 0 bridgehead atoms. The Labute approximate surface area is 165 Å². The lowest BCUT2D eigenvalue weighted by Crippen LogP contribution is -2.44. The van der Waals surface area contributed by atoms with Crippen LogP contribution in [0.1, 0.15) is 46.4 Å². The number of carbonyl (C=O) groups excluding carboxylic acids is 1. The van der Waals surface area contributed by atoms with Crippen molar-refractivity contribution in [3.05, 3.63) is 77.1 Å². The third-order valence-corrected chi connectivity index (χ3v) is 6.12. The van der Waals surface area contributed by atoms with Gasteiger partial charge in [0, 0.05) is 23.3 Å². The Hall–Kier alpha value is -2.88. The predicted molar refractivity (Wildman–Crippen MR) is 110 cm³/mol. The fraction of sp³-hybridized carbons (Fsp3) is 0.333. The lowest BCUT2D eigenvalue weighted by Gasteiger charge is -2.34. The summed E-state index contributed by atoms with van der Waals surface area (Å²) >= 11 is 0. The topological polar surface area (TPSA) is 49.0 Å². The van der Waals surface area contributed by atoms with E-state index in [4.69, 9.17) is 0 Å². The van der Waals surface area contributed by atoms with E-state index in [1.807, 2.05) is 18.3 Å². The summed E-state index contributed by atoms with van der Waals surface area (Å²) in [5.41, 5.74) is 6.84. The first-order chi connectivity index (χ1) is 13.7. The molecule has 1 fully saturated rings. The lowest BCUT2D eigenvalue weighted by molar-refractivity contribution is 0.0642. The number of benzene rings is 2. The number of carbonyl (C=O) groups is 1. The number of aromatic nitrogens is 2. The number of nitrogens with zero attached hydrogens (tertiary/aromatic N) is 2. The van der Waals surface area contributed by atoms with E-state index in [1.165, 1.54) is 22.4 Å². The highest BCUT2D eigenvalue weighted by atomic mass is 16.2. The van der Waals surface area contributed by atoms with Gasteiger partial charge in [0.25, 0.3) is 5.91 Å². The number of hydrogen-bond donors (Lipinski definition) is 1. The van der Waals surface area contributed by atoms with Crippen LogP contribution in [0, 0.1) is 6.92 Å². The molecule has 0 spiro atoms. The van der Waals surface area contributed by atoms with E-state index < -0.39 is 0 Å². The van der Waals surface area contributed by atoms with E-state index in [0.717, 1.165) is 43.2 Å². The fourth-order valence-corrected chi connectivity index (χ4v) is 4.50. The van der Waals surface area contributed by atoms with Gasteiger partial charge in [-0.15, -0.1) is 0 Å². The maximum absolute atomic E-state index is 13.5. The molecule has 2 aliphatic carbocycles. The maximum Gasteiger partial charge on any atom is 0.254 e. The van der Waals surface area contributed by atoms with Gasteiger partial charge in [0.05, 0.1) is 6.20 Å². The molecule has 1 heterocycles. The Kier molecular flexibility index (Phi) is 4.27. The van der Waals surface area contributed by atoms with E-state index in [-0.39, 0.29) is 11.9 Å². The number of nitrogens with one attached hydrogen (secondary N) is 1. The average molecular weight is 371 g/mol. The van der Waals surface area contributed by atoms with Crippen LogP contribution in [-0.2, 0) is 12.8 Å². The molecular weight excluding hydrogens is 346 g/mol. The number of amides is 1. The Bertz CT molecular complexity index is 1000. The molecule has 4 nitrogen and oxygen atoms in total. The molecule has 4 heteroatoms. The van der Waals surface area contributed by atoms with Crippen LogP contribution < -0.4 is 0 Å². The summed E-state index contributed by atoms with van der Waals surface area (Å²) < 4.78 is 0. The van der Waals surface area contributed by atoms with Gasteiger partial charge in [0.15, 0.2) is 0 Å². The second-order valence-corrected chi connectivity index (χ2v) is 8.11. The van der Waals surface area contributed by atoms with Crippen LogP contribution in [0.15, 0.2) is 54.7 Å². The monoisotopic (exact) mass is 371 g/mol. The molecule has 5 rings (SSSR count). The minimum atomic E-state index is 0.183. The molecule has 3 aromatic rings. The van der Waals surface area contributed by atoms with Crippen molar-refractivity contribution in [2.45, 2.75) is 51.1 Å². The maximum atomic E-state index is 13.5. The molecule has 1 amide bonds. The van der Waals surface area contributed by atoms with Gasteiger partial charge < -0.3 is 4.90 Å². The standard InChI is InChI=1S/C24H25N3O/c1-16-13-18(7-11-22(16)17-5-3-2-4-6-17)24(28)27(20-8-9-20)21-10-12-23-19(14-21)15-25-26-23/h2-7,11,13,15,20-21H,8-10,12,14H2,1H3,(H,25,26). The van der Waals surface area contributed by atoms with Gasteiger partial charge in [-0.25, -0.2) is 0 Å². The van der Waals surface area contributed by atoms with E-state index in [2.05, 4.69) is 58.4 Å². The number of fused-ring (bicyclic) bond motifs is 1. The summed E-state index contributed by atoms with van der Waals surface area (Å²) in [6.07, 6.45) is 7.08. The Balaban J connectivity index is 1.42. The van der Waals surface area contributed by atoms with Gasteiger partial charge in [-0.3, -0.25) is 9.89 Å². The summed E-state index contributed by atoms with van der Waals surface area (Å²) in [4.78, 5) is 15.7. The number of rotatable bonds is 4. The first kappa shape index (κ1) is 17.2. The molecule has 2 aromatic carbocycles. The zero-order valence-corrected chi connectivity index (χ0v) is 16.2. The van der Waals surface area contributed by atoms with E-state index >= 15 is 0 Å². The zero-order valence-electron chi connectivity index (χ0n) is 16.2. The first-order valence-electron chi connectivity index (χ1n) is 10.2. The highest BCUT2D eigenvalue weighted by Crippen LogP contribution is 2.35. The van der Waals surface area contributed by atoms with E-state index in [9.17, 15) is 4.79 Å². The number of hydrogen-bond acceptors (Lipinski definition) is 2. The summed E-state index contributed by atoms with van der Waals surface area (Å²) in [7, 11) is 0. The third kappa shape index (κ3) is 3.13. The number of aryl methyl sites for hydroxylation is 2. The third-order valence-electron chi connectivity index (χ3n) is 6.12.